The summed E-state index contributed by atoms with van der Waals surface area (Å²) in [4.78, 5) is 21.9. The highest BCUT2D eigenvalue weighted by molar-refractivity contribution is 9.10. The van der Waals surface area contributed by atoms with E-state index in [1.807, 2.05) is 36.4 Å². The predicted molar refractivity (Wildman–Crippen MR) is 120 cm³/mol. The number of aryl methyl sites for hydroxylation is 1. The first-order chi connectivity index (χ1) is 14.1. The van der Waals surface area contributed by atoms with E-state index in [-0.39, 0.29) is 5.91 Å². The molecule has 0 unspecified atom stereocenters. The molecule has 0 radical (unpaired) electrons. The van der Waals surface area contributed by atoms with Crippen LogP contribution in [-0.4, -0.2) is 15.9 Å². The van der Waals surface area contributed by atoms with Gasteiger partial charge in [-0.05, 0) is 47.9 Å². The number of hydrogen-bond acceptors (Lipinski definition) is 3. The Labute approximate surface area is 178 Å². The number of benzene rings is 2. The molecule has 144 valence electrons. The van der Waals surface area contributed by atoms with Gasteiger partial charge in [0.1, 0.15) is 0 Å². The standard InChI is InChI=1S/C24H20BrN3O/c1-2-16-5-7-18(8-6-16)23-13-21(20-12-19(25)9-10-22(20)28-23)24(29)27-15-17-4-3-11-26-14-17/h3-14H,2,15H2,1H3,(H,27,29). The number of amides is 1. The van der Waals surface area contributed by atoms with Crippen LogP contribution in [0.25, 0.3) is 22.2 Å². The molecule has 0 aliphatic heterocycles. The van der Waals surface area contributed by atoms with E-state index >= 15 is 0 Å². The number of carbonyl (C=O) groups excluding carboxylic acids is 1. The topological polar surface area (TPSA) is 54.9 Å². The number of pyridine rings is 2. The van der Waals surface area contributed by atoms with Gasteiger partial charge in [-0.2, -0.15) is 0 Å². The Hall–Kier alpha value is -3.05. The van der Waals surface area contributed by atoms with Crippen molar-refractivity contribution in [3.05, 3.63) is 94.2 Å². The van der Waals surface area contributed by atoms with Crippen molar-refractivity contribution in [1.82, 2.24) is 15.3 Å². The van der Waals surface area contributed by atoms with Crippen molar-refractivity contribution >= 4 is 32.7 Å². The SMILES string of the molecule is CCc1ccc(-c2cc(C(=O)NCc3cccnc3)c3cc(Br)ccc3n2)cc1. The Morgan fingerprint density at radius 3 is 2.59 bits per heavy atom. The zero-order chi connectivity index (χ0) is 20.2. The molecule has 2 aromatic heterocycles. The number of carbonyl (C=O) groups is 1. The van der Waals surface area contributed by atoms with Crippen molar-refractivity contribution < 1.29 is 4.79 Å². The molecule has 5 heteroatoms. The highest BCUT2D eigenvalue weighted by Gasteiger charge is 2.14. The highest BCUT2D eigenvalue weighted by atomic mass is 79.9. The minimum absolute atomic E-state index is 0.134. The molecule has 4 rings (SSSR count). The van der Waals surface area contributed by atoms with Gasteiger partial charge in [-0.15, -0.1) is 0 Å². The average molecular weight is 446 g/mol. The largest absolute Gasteiger partial charge is 0.348 e. The van der Waals surface area contributed by atoms with Crippen LogP contribution in [0, 0.1) is 0 Å². The smallest absolute Gasteiger partial charge is 0.252 e. The van der Waals surface area contributed by atoms with Gasteiger partial charge in [0.25, 0.3) is 5.91 Å². The fraction of sp³-hybridized carbons (Fsp3) is 0.125. The maximum atomic E-state index is 13.1. The van der Waals surface area contributed by atoms with E-state index in [1.165, 1.54) is 5.56 Å². The van der Waals surface area contributed by atoms with Crippen molar-refractivity contribution in [3.63, 3.8) is 0 Å². The highest BCUT2D eigenvalue weighted by Crippen LogP contribution is 2.27. The lowest BCUT2D eigenvalue weighted by Crippen LogP contribution is -2.23. The number of rotatable bonds is 5. The normalized spacial score (nSPS) is 10.8. The van der Waals surface area contributed by atoms with Gasteiger partial charge < -0.3 is 5.32 Å². The summed E-state index contributed by atoms with van der Waals surface area (Å²) in [5.41, 5.74) is 5.40. The van der Waals surface area contributed by atoms with Crippen molar-refractivity contribution in [1.29, 1.82) is 0 Å². The third kappa shape index (κ3) is 4.35. The van der Waals surface area contributed by atoms with Crippen LogP contribution in [0.3, 0.4) is 0 Å². The maximum Gasteiger partial charge on any atom is 0.252 e. The molecule has 2 aromatic carbocycles. The average Bonchev–Trinajstić information content (AvgIpc) is 2.77. The lowest BCUT2D eigenvalue weighted by Gasteiger charge is -2.11. The molecule has 29 heavy (non-hydrogen) atoms. The van der Waals surface area contributed by atoms with Crippen LogP contribution in [0.15, 0.2) is 77.5 Å². The molecule has 0 bridgehead atoms. The molecule has 0 aliphatic carbocycles. The van der Waals surface area contributed by atoms with Crippen LogP contribution in [0.1, 0.15) is 28.4 Å². The summed E-state index contributed by atoms with van der Waals surface area (Å²) in [6.45, 7) is 2.55. The maximum absolute atomic E-state index is 13.1. The molecule has 2 heterocycles. The molecular weight excluding hydrogens is 426 g/mol. The number of nitrogens with one attached hydrogen (secondary N) is 1. The Kier molecular flexibility index (Phi) is 5.67. The molecule has 0 spiro atoms. The molecule has 1 N–H and O–H groups in total. The van der Waals surface area contributed by atoms with Gasteiger partial charge in [-0.25, -0.2) is 4.98 Å². The second kappa shape index (κ2) is 8.53. The summed E-state index contributed by atoms with van der Waals surface area (Å²) < 4.78 is 0.910. The Morgan fingerprint density at radius 2 is 1.86 bits per heavy atom. The van der Waals surface area contributed by atoms with Crippen LogP contribution in [0.2, 0.25) is 0 Å². The van der Waals surface area contributed by atoms with E-state index in [0.29, 0.717) is 12.1 Å². The van der Waals surface area contributed by atoms with Crippen LogP contribution < -0.4 is 5.32 Å². The van der Waals surface area contributed by atoms with E-state index in [0.717, 1.165) is 38.6 Å². The second-order valence-electron chi connectivity index (χ2n) is 6.81. The third-order valence-corrected chi connectivity index (χ3v) is 5.34. The van der Waals surface area contributed by atoms with Gasteiger partial charge in [0.2, 0.25) is 0 Å². The molecule has 0 atom stereocenters. The van der Waals surface area contributed by atoms with Crippen LogP contribution in [-0.2, 0) is 13.0 Å². The minimum atomic E-state index is -0.134. The minimum Gasteiger partial charge on any atom is -0.348 e. The van der Waals surface area contributed by atoms with E-state index < -0.39 is 0 Å². The molecule has 0 fully saturated rings. The van der Waals surface area contributed by atoms with Crippen LogP contribution in [0.5, 0.6) is 0 Å². The van der Waals surface area contributed by atoms with E-state index in [9.17, 15) is 4.79 Å². The Bertz CT molecular complexity index is 1160. The number of fused-ring (bicyclic) bond motifs is 1. The summed E-state index contributed by atoms with van der Waals surface area (Å²) in [5.74, 6) is -0.134. The van der Waals surface area contributed by atoms with Gasteiger partial charge in [-0.3, -0.25) is 9.78 Å². The zero-order valence-electron chi connectivity index (χ0n) is 16.0. The molecule has 4 nitrogen and oxygen atoms in total. The molecule has 1 amide bonds. The van der Waals surface area contributed by atoms with Crippen molar-refractivity contribution in [2.45, 2.75) is 19.9 Å². The van der Waals surface area contributed by atoms with E-state index in [4.69, 9.17) is 4.98 Å². The first-order valence-electron chi connectivity index (χ1n) is 9.51. The summed E-state index contributed by atoms with van der Waals surface area (Å²) in [5, 5.41) is 3.82. The Morgan fingerprint density at radius 1 is 1.03 bits per heavy atom. The van der Waals surface area contributed by atoms with Crippen molar-refractivity contribution in [2.24, 2.45) is 0 Å². The van der Waals surface area contributed by atoms with Crippen molar-refractivity contribution in [2.75, 3.05) is 0 Å². The number of hydrogen-bond donors (Lipinski definition) is 1. The molecule has 0 saturated carbocycles. The molecular formula is C24H20BrN3O. The Balaban J connectivity index is 1.73. The third-order valence-electron chi connectivity index (χ3n) is 4.85. The summed E-state index contributed by atoms with van der Waals surface area (Å²) in [7, 11) is 0. The lowest BCUT2D eigenvalue weighted by molar-refractivity contribution is 0.0952. The van der Waals surface area contributed by atoms with Gasteiger partial charge in [0, 0.05) is 34.4 Å². The lowest BCUT2D eigenvalue weighted by atomic mass is 10.0. The fourth-order valence-corrected chi connectivity index (χ4v) is 3.59. The van der Waals surface area contributed by atoms with Gasteiger partial charge in [0.15, 0.2) is 0 Å². The van der Waals surface area contributed by atoms with Gasteiger partial charge >= 0.3 is 0 Å². The first kappa shape index (κ1) is 19.3. The summed E-state index contributed by atoms with van der Waals surface area (Å²) in [6.07, 6.45) is 4.46. The second-order valence-corrected chi connectivity index (χ2v) is 7.73. The number of nitrogens with zero attached hydrogens (tertiary/aromatic N) is 2. The van der Waals surface area contributed by atoms with E-state index in [2.05, 4.69) is 57.4 Å². The summed E-state index contributed by atoms with van der Waals surface area (Å²) >= 11 is 3.50. The fourth-order valence-electron chi connectivity index (χ4n) is 3.23. The monoisotopic (exact) mass is 445 g/mol. The molecule has 0 saturated heterocycles. The van der Waals surface area contributed by atoms with Gasteiger partial charge in [-0.1, -0.05) is 53.2 Å². The van der Waals surface area contributed by atoms with Crippen molar-refractivity contribution in [3.8, 4) is 11.3 Å². The zero-order valence-corrected chi connectivity index (χ0v) is 17.6. The quantitative estimate of drug-likeness (QED) is 0.437. The van der Waals surface area contributed by atoms with Gasteiger partial charge in [0.05, 0.1) is 16.8 Å². The molecule has 4 aromatic rings. The van der Waals surface area contributed by atoms with E-state index in [1.54, 1.807) is 12.4 Å². The molecule has 0 aliphatic rings. The van der Waals surface area contributed by atoms with Crippen LogP contribution >= 0.6 is 15.9 Å². The predicted octanol–water partition coefficient (Wildman–Crippen LogP) is 5.55. The number of halogens is 1. The van der Waals surface area contributed by atoms with Crippen LogP contribution in [0.4, 0.5) is 0 Å². The number of aromatic nitrogens is 2. The first-order valence-corrected chi connectivity index (χ1v) is 10.3. The summed E-state index contributed by atoms with van der Waals surface area (Å²) in [6, 6.07) is 19.8.